The van der Waals surface area contributed by atoms with E-state index in [0.29, 0.717) is 41.6 Å². The number of amides is 1. The number of likely N-dealkylation sites (tertiary alicyclic amines) is 1. The van der Waals surface area contributed by atoms with Gasteiger partial charge in [-0.15, -0.1) is 0 Å². The van der Waals surface area contributed by atoms with E-state index in [1.807, 2.05) is 17.0 Å². The summed E-state index contributed by atoms with van der Waals surface area (Å²) in [5.74, 6) is 1.79. The normalized spacial score (nSPS) is 23.1. The van der Waals surface area contributed by atoms with Gasteiger partial charge < -0.3 is 14.5 Å². The number of methoxy groups -OCH3 is 1. The lowest BCUT2D eigenvalue weighted by Crippen LogP contribution is -2.55. The van der Waals surface area contributed by atoms with E-state index in [1.165, 1.54) is 24.0 Å². The number of rotatable bonds is 4. The van der Waals surface area contributed by atoms with Crippen LogP contribution in [0.15, 0.2) is 36.4 Å². The molecular formula is C26H31Cl2N3O2. The highest BCUT2D eigenvalue weighted by Crippen LogP contribution is 2.37. The first kappa shape index (κ1) is 22.8. The highest BCUT2D eigenvalue weighted by atomic mass is 35.5. The first-order valence-corrected chi connectivity index (χ1v) is 12.7. The molecular weight excluding hydrogens is 457 g/mol. The summed E-state index contributed by atoms with van der Waals surface area (Å²) in [7, 11) is 1.72. The van der Waals surface area contributed by atoms with Gasteiger partial charge in [-0.3, -0.25) is 9.69 Å². The second kappa shape index (κ2) is 9.73. The predicted octanol–water partition coefficient (Wildman–Crippen LogP) is 4.53. The fourth-order valence-corrected chi connectivity index (χ4v) is 6.19. The number of anilines is 1. The third-order valence-electron chi connectivity index (χ3n) is 7.60. The summed E-state index contributed by atoms with van der Waals surface area (Å²) < 4.78 is 5.45. The van der Waals surface area contributed by atoms with Crippen molar-refractivity contribution in [1.82, 2.24) is 9.80 Å². The first-order chi connectivity index (χ1) is 16.0. The fraction of sp³-hybridized carbons (Fsp3) is 0.500. The van der Waals surface area contributed by atoms with Crippen molar-refractivity contribution in [3.63, 3.8) is 0 Å². The quantitative estimate of drug-likeness (QED) is 0.634. The van der Waals surface area contributed by atoms with Gasteiger partial charge in [0.25, 0.3) is 0 Å². The molecule has 2 heterocycles. The molecule has 2 saturated heterocycles. The first-order valence-electron chi connectivity index (χ1n) is 11.9. The molecule has 0 aromatic heterocycles. The van der Waals surface area contributed by atoms with Gasteiger partial charge in [-0.05, 0) is 73.5 Å². The molecule has 2 aromatic carbocycles. The van der Waals surface area contributed by atoms with Gasteiger partial charge in [-0.1, -0.05) is 35.3 Å². The van der Waals surface area contributed by atoms with Gasteiger partial charge in [-0.25, -0.2) is 0 Å². The van der Waals surface area contributed by atoms with Gasteiger partial charge in [0.05, 0.1) is 29.4 Å². The summed E-state index contributed by atoms with van der Waals surface area (Å²) >= 11 is 12.6. The molecule has 0 bridgehead atoms. The molecule has 0 saturated carbocycles. The van der Waals surface area contributed by atoms with Crippen LogP contribution in [0.1, 0.15) is 24.0 Å². The zero-order chi connectivity index (χ0) is 22.9. The maximum Gasteiger partial charge on any atom is 0.236 e. The van der Waals surface area contributed by atoms with E-state index in [1.54, 1.807) is 13.2 Å². The van der Waals surface area contributed by atoms with E-state index >= 15 is 0 Å². The van der Waals surface area contributed by atoms with E-state index in [0.717, 1.165) is 43.9 Å². The number of ether oxygens (including phenoxy) is 1. The van der Waals surface area contributed by atoms with Crippen LogP contribution in [0.3, 0.4) is 0 Å². The summed E-state index contributed by atoms with van der Waals surface area (Å²) in [5.41, 5.74) is 3.77. The number of carbonyl (C=O) groups excluding carboxylic acids is 1. The SMILES string of the molecule is COc1ccc2c(c1)C[C@@H]1[C@@H](CCCN1CC(=O)N1CCN(c3cccc(Cl)c3Cl)CC1)C2. The molecule has 2 atom stereocenters. The molecule has 7 heteroatoms. The lowest BCUT2D eigenvalue weighted by Gasteiger charge is -2.45. The number of piperazine rings is 1. The van der Waals surface area contributed by atoms with Crippen LogP contribution >= 0.6 is 23.2 Å². The zero-order valence-corrected chi connectivity index (χ0v) is 20.6. The van der Waals surface area contributed by atoms with Crippen molar-refractivity contribution in [3.8, 4) is 5.75 Å². The van der Waals surface area contributed by atoms with E-state index in [-0.39, 0.29) is 5.91 Å². The van der Waals surface area contributed by atoms with Crippen LogP contribution in [0.2, 0.25) is 10.0 Å². The maximum atomic E-state index is 13.2. The van der Waals surface area contributed by atoms with Crippen molar-refractivity contribution in [2.45, 2.75) is 31.7 Å². The van der Waals surface area contributed by atoms with Crippen LogP contribution in [-0.2, 0) is 17.6 Å². The van der Waals surface area contributed by atoms with Crippen molar-refractivity contribution in [2.75, 3.05) is 51.3 Å². The lowest BCUT2D eigenvalue weighted by atomic mass is 9.75. The molecule has 2 fully saturated rings. The standard InChI is InChI=1S/C26H31Cl2N3O2/c1-33-21-8-7-18-14-19-4-3-9-31(24(19)16-20(18)15-21)17-25(32)30-12-10-29(11-13-30)23-6-2-5-22(27)26(23)28/h2,5-8,15,19,24H,3-4,9-14,16-17H2,1H3/t19-,24+/m0/s1. The van der Waals surface area contributed by atoms with Crippen molar-refractivity contribution >= 4 is 34.8 Å². The molecule has 0 unspecified atom stereocenters. The zero-order valence-electron chi connectivity index (χ0n) is 19.1. The molecule has 3 aliphatic rings. The molecule has 33 heavy (non-hydrogen) atoms. The molecule has 5 rings (SSSR count). The second-order valence-electron chi connectivity index (χ2n) is 9.42. The number of nitrogens with zero attached hydrogens (tertiary/aromatic N) is 3. The molecule has 0 spiro atoms. The van der Waals surface area contributed by atoms with E-state index < -0.39 is 0 Å². The third-order valence-corrected chi connectivity index (χ3v) is 8.41. The molecule has 0 radical (unpaired) electrons. The van der Waals surface area contributed by atoms with Crippen molar-refractivity contribution in [2.24, 2.45) is 5.92 Å². The van der Waals surface area contributed by atoms with Crippen molar-refractivity contribution in [3.05, 3.63) is 57.6 Å². The molecule has 176 valence electrons. The minimum atomic E-state index is 0.240. The topological polar surface area (TPSA) is 36.0 Å². The second-order valence-corrected chi connectivity index (χ2v) is 10.2. The van der Waals surface area contributed by atoms with Crippen LogP contribution in [0.25, 0.3) is 0 Å². The Kier molecular flexibility index (Phi) is 6.73. The van der Waals surface area contributed by atoms with E-state index in [2.05, 4.69) is 28.0 Å². The Hall–Kier alpha value is -1.95. The lowest BCUT2D eigenvalue weighted by molar-refractivity contribution is -0.134. The van der Waals surface area contributed by atoms with Gasteiger partial charge >= 0.3 is 0 Å². The fourth-order valence-electron chi connectivity index (χ4n) is 5.78. The number of hydrogen-bond acceptors (Lipinski definition) is 4. The number of hydrogen-bond donors (Lipinski definition) is 0. The van der Waals surface area contributed by atoms with Crippen LogP contribution < -0.4 is 9.64 Å². The van der Waals surface area contributed by atoms with Crippen LogP contribution in [0, 0.1) is 5.92 Å². The molecule has 2 aromatic rings. The van der Waals surface area contributed by atoms with Crippen LogP contribution in [0.4, 0.5) is 5.69 Å². The Balaban J connectivity index is 1.21. The summed E-state index contributed by atoms with van der Waals surface area (Å²) in [5, 5.41) is 1.16. The Morgan fingerprint density at radius 3 is 2.64 bits per heavy atom. The smallest absolute Gasteiger partial charge is 0.236 e. The summed E-state index contributed by atoms with van der Waals surface area (Å²) in [6, 6.07) is 12.6. The molecule has 1 amide bonds. The minimum Gasteiger partial charge on any atom is -0.497 e. The monoisotopic (exact) mass is 487 g/mol. The van der Waals surface area contributed by atoms with Gasteiger partial charge in [-0.2, -0.15) is 0 Å². The number of benzene rings is 2. The summed E-state index contributed by atoms with van der Waals surface area (Å²) in [6.07, 6.45) is 4.53. The Morgan fingerprint density at radius 2 is 1.85 bits per heavy atom. The average molecular weight is 488 g/mol. The van der Waals surface area contributed by atoms with Gasteiger partial charge in [0.15, 0.2) is 0 Å². The molecule has 1 aliphatic carbocycles. The Labute approximate surface area is 206 Å². The maximum absolute atomic E-state index is 13.2. The van der Waals surface area contributed by atoms with E-state index in [4.69, 9.17) is 27.9 Å². The van der Waals surface area contributed by atoms with Crippen molar-refractivity contribution in [1.29, 1.82) is 0 Å². The van der Waals surface area contributed by atoms with Crippen LogP contribution in [0.5, 0.6) is 5.75 Å². The molecule has 0 N–H and O–H groups in total. The van der Waals surface area contributed by atoms with Crippen LogP contribution in [-0.4, -0.2) is 68.1 Å². The highest BCUT2D eigenvalue weighted by molar-refractivity contribution is 6.43. The number of carbonyl (C=O) groups is 1. The molecule has 5 nitrogen and oxygen atoms in total. The molecule has 2 aliphatic heterocycles. The average Bonchev–Trinajstić information content (AvgIpc) is 2.84. The minimum absolute atomic E-state index is 0.240. The van der Waals surface area contributed by atoms with Gasteiger partial charge in [0, 0.05) is 32.2 Å². The largest absolute Gasteiger partial charge is 0.497 e. The highest BCUT2D eigenvalue weighted by Gasteiger charge is 2.37. The Bertz CT molecular complexity index is 1020. The van der Waals surface area contributed by atoms with Crippen molar-refractivity contribution < 1.29 is 9.53 Å². The van der Waals surface area contributed by atoms with E-state index in [9.17, 15) is 4.79 Å². The number of piperidine rings is 1. The van der Waals surface area contributed by atoms with Gasteiger partial charge in [0.1, 0.15) is 5.75 Å². The van der Waals surface area contributed by atoms with Gasteiger partial charge in [0.2, 0.25) is 5.91 Å². The predicted molar refractivity (Wildman–Crippen MR) is 134 cm³/mol. The third kappa shape index (κ3) is 4.68. The number of fused-ring (bicyclic) bond motifs is 2. The number of halogens is 2. The summed E-state index contributed by atoms with van der Waals surface area (Å²) in [6.45, 7) is 4.48. The Morgan fingerprint density at radius 1 is 1.03 bits per heavy atom. The summed E-state index contributed by atoms with van der Waals surface area (Å²) in [4.78, 5) is 19.9.